The van der Waals surface area contributed by atoms with Crippen LogP contribution in [0, 0.1) is 10.1 Å². The van der Waals surface area contributed by atoms with Crippen LogP contribution in [-0.4, -0.2) is 9.91 Å². The quantitative estimate of drug-likeness (QED) is 0.499. The van der Waals surface area contributed by atoms with Gasteiger partial charge in [-0.3, -0.25) is 20.9 Å². The number of hydrogen-bond donors (Lipinski definition) is 2. The predicted molar refractivity (Wildman–Crippen MR) is 74.5 cm³/mol. The third-order valence-electron chi connectivity index (χ3n) is 2.54. The Morgan fingerprint density at radius 1 is 1.45 bits per heavy atom. The molecule has 7 nitrogen and oxygen atoms in total. The zero-order valence-electron chi connectivity index (χ0n) is 10.2. The average molecular weight is 295 g/mol. The number of anilines is 1. The second-order valence-electron chi connectivity index (χ2n) is 3.84. The van der Waals surface area contributed by atoms with E-state index in [4.69, 9.17) is 22.2 Å². The topological polar surface area (TPSA) is 103 Å². The summed E-state index contributed by atoms with van der Waals surface area (Å²) in [4.78, 5) is 14.3. The number of hydrazine groups is 1. The highest BCUT2D eigenvalue weighted by Gasteiger charge is 2.16. The maximum Gasteiger partial charge on any atom is 0.294 e. The first kappa shape index (κ1) is 14.0. The van der Waals surface area contributed by atoms with Crippen LogP contribution in [0.25, 0.3) is 0 Å². The summed E-state index contributed by atoms with van der Waals surface area (Å²) in [5, 5.41) is 11.3. The van der Waals surface area contributed by atoms with Crippen molar-refractivity contribution in [2.75, 3.05) is 5.43 Å². The Balaban J connectivity index is 2.21. The molecule has 0 amide bonds. The Kier molecular flexibility index (Phi) is 4.34. The summed E-state index contributed by atoms with van der Waals surface area (Å²) in [5.41, 5.74) is 2.99. The number of aromatic nitrogens is 1. The summed E-state index contributed by atoms with van der Waals surface area (Å²) in [5.74, 6) is 5.80. The molecule has 0 saturated heterocycles. The summed E-state index contributed by atoms with van der Waals surface area (Å²) in [6.45, 7) is 0.100. The van der Waals surface area contributed by atoms with E-state index >= 15 is 0 Å². The molecule has 1 heterocycles. The molecule has 20 heavy (non-hydrogen) atoms. The lowest BCUT2D eigenvalue weighted by Crippen LogP contribution is -2.12. The molecule has 0 aliphatic carbocycles. The van der Waals surface area contributed by atoms with Gasteiger partial charge in [0.05, 0.1) is 16.1 Å². The van der Waals surface area contributed by atoms with Crippen molar-refractivity contribution in [3.05, 3.63) is 57.4 Å². The van der Waals surface area contributed by atoms with E-state index in [-0.39, 0.29) is 18.0 Å². The predicted octanol–water partition coefficient (Wildman–Crippen LogP) is 2.51. The molecule has 0 spiro atoms. The van der Waals surface area contributed by atoms with Crippen molar-refractivity contribution < 1.29 is 9.66 Å². The van der Waals surface area contributed by atoms with Crippen molar-refractivity contribution in [3.63, 3.8) is 0 Å². The highest BCUT2D eigenvalue weighted by Crippen LogP contribution is 2.28. The number of nitrogens with zero attached hydrogens (tertiary/aromatic N) is 2. The average Bonchev–Trinajstić information content (AvgIpc) is 2.44. The van der Waals surface area contributed by atoms with Crippen LogP contribution in [0.1, 0.15) is 5.56 Å². The Morgan fingerprint density at radius 2 is 2.25 bits per heavy atom. The number of rotatable bonds is 5. The maximum absolute atomic E-state index is 10.9. The lowest BCUT2D eigenvalue weighted by molar-refractivity contribution is -0.384. The van der Waals surface area contributed by atoms with E-state index in [1.54, 1.807) is 18.2 Å². The fourth-order valence-electron chi connectivity index (χ4n) is 1.66. The number of benzene rings is 1. The molecule has 1 aromatic carbocycles. The van der Waals surface area contributed by atoms with Gasteiger partial charge < -0.3 is 10.2 Å². The number of halogens is 1. The van der Waals surface area contributed by atoms with E-state index in [2.05, 4.69) is 10.4 Å². The molecule has 2 aromatic rings. The molecule has 0 unspecified atom stereocenters. The van der Waals surface area contributed by atoms with Gasteiger partial charge in [0.2, 0.25) is 0 Å². The summed E-state index contributed by atoms with van der Waals surface area (Å²) in [6, 6.07) is 6.20. The lowest BCUT2D eigenvalue weighted by atomic mass is 10.1. The number of pyridine rings is 1. The first-order valence-electron chi connectivity index (χ1n) is 5.58. The van der Waals surface area contributed by atoms with Gasteiger partial charge in [-0.1, -0.05) is 23.7 Å². The summed E-state index contributed by atoms with van der Waals surface area (Å²) < 4.78 is 5.49. The number of nitrogens with one attached hydrogen (secondary N) is 1. The van der Waals surface area contributed by atoms with Gasteiger partial charge in [0.1, 0.15) is 18.0 Å². The van der Waals surface area contributed by atoms with Crippen molar-refractivity contribution in [1.82, 2.24) is 4.98 Å². The van der Waals surface area contributed by atoms with Crippen LogP contribution >= 0.6 is 11.6 Å². The number of nitrogens with two attached hydrogens (primary N) is 1. The molecular weight excluding hydrogens is 284 g/mol. The molecule has 0 radical (unpaired) electrons. The largest absolute Gasteiger partial charge is 0.487 e. The third-order valence-corrected chi connectivity index (χ3v) is 2.75. The summed E-state index contributed by atoms with van der Waals surface area (Å²) >= 11 is 5.79. The molecule has 0 bridgehead atoms. The number of nitro benzene ring substituents is 1. The van der Waals surface area contributed by atoms with Crippen LogP contribution in [0.15, 0.2) is 36.7 Å². The third kappa shape index (κ3) is 3.14. The fraction of sp³-hybridized carbons (Fsp3) is 0.0833. The second kappa shape index (κ2) is 6.18. The van der Waals surface area contributed by atoms with Crippen molar-refractivity contribution in [2.24, 2.45) is 5.84 Å². The smallest absolute Gasteiger partial charge is 0.294 e. The number of ether oxygens (including phenoxy) is 1. The van der Waals surface area contributed by atoms with Gasteiger partial charge in [-0.2, -0.15) is 0 Å². The molecule has 1 aromatic heterocycles. The number of para-hydroxylation sites is 1. The van der Waals surface area contributed by atoms with E-state index in [1.165, 1.54) is 18.5 Å². The summed E-state index contributed by atoms with van der Waals surface area (Å²) in [6.07, 6.45) is 2.98. The second-order valence-corrected chi connectivity index (χ2v) is 4.28. The monoisotopic (exact) mass is 294 g/mol. The van der Waals surface area contributed by atoms with Crippen molar-refractivity contribution in [2.45, 2.75) is 6.61 Å². The van der Waals surface area contributed by atoms with Gasteiger partial charge in [-0.05, 0) is 0 Å². The van der Waals surface area contributed by atoms with Crippen LogP contribution in [-0.2, 0) is 6.61 Å². The van der Waals surface area contributed by atoms with Crippen LogP contribution < -0.4 is 16.0 Å². The van der Waals surface area contributed by atoms with Gasteiger partial charge in [0.25, 0.3) is 5.69 Å². The molecule has 104 valence electrons. The zero-order valence-corrected chi connectivity index (χ0v) is 11.0. The molecule has 0 saturated carbocycles. The van der Waals surface area contributed by atoms with Crippen molar-refractivity contribution in [1.29, 1.82) is 0 Å². The van der Waals surface area contributed by atoms with Crippen LogP contribution in [0.3, 0.4) is 0 Å². The number of hydrogen-bond acceptors (Lipinski definition) is 6. The molecular formula is C12H11ClN4O3. The normalized spacial score (nSPS) is 10.1. The van der Waals surface area contributed by atoms with Gasteiger partial charge in [-0.15, -0.1) is 0 Å². The van der Waals surface area contributed by atoms with Crippen LogP contribution in [0.2, 0.25) is 5.02 Å². The molecule has 0 aliphatic rings. The van der Waals surface area contributed by atoms with Gasteiger partial charge in [-0.25, -0.2) is 0 Å². The minimum Gasteiger partial charge on any atom is -0.487 e. The minimum absolute atomic E-state index is 0.100. The SMILES string of the molecule is NNc1c(COc2cncc(Cl)c2)cccc1[N+](=O)[O-]. The molecule has 2 rings (SSSR count). The Morgan fingerprint density at radius 3 is 2.90 bits per heavy atom. The van der Waals surface area contributed by atoms with Gasteiger partial charge in [0.15, 0.2) is 0 Å². The molecule has 8 heteroatoms. The molecule has 0 atom stereocenters. The maximum atomic E-state index is 10.9. The molecule has 0 fully saturated rings. The van der Waals surface area contributed by atoms with E-state index < -0.39 is 4.92 Å². The minimum atomic E-state index is -0.514. The summed E-state index contributed by atoms with van der Waals surface area (Å²) in [7, 11) is 0. The lowest BCUT2D eigenvalue weighted by Gasteiger charge is -2.10. The van der Waals surface area contributed by atoms with E-state index in [9.17, 15) is 10.1 Å². The highest BCUT2D eigenvalue weighted by atomic mass is 35.5. The van der Waals surface area contributed by atoms with Crippen LogP contribution in [0.5, 0.6) is 5.75 Å². The van der Waals surface area contributed by atoms with E-state index in [1.807, 2.05) is 0 Å². The van der Waals surface area contributed by atoms with Crippen LogP contribution in [0.4, 0.5) is 11.4 Å². The zero-order chi connectivity index (χ0) is 14.5. The van der Waals surface area contributed by atoms with E-state index in [0.717, 1.165) is 0 Å². The first-order valence-corrected chi connectivity index (χ1v) is 5.96. The molecule has 0 aliphatic heterocycles. The Labute approximate surface area is 119 Å². The van der Waals surface area contributed by atoms with E-state index in [0.29, 0.717) is 16.3 Å². The van der Waals surface area contributed by atoms with Crippen molar-refractivity contribution in [3.8, 4) is 5.75 Å². The first-order chi connectivity index (χ1) is 9.61. The fourth-order valence-corrected chi connectivity index (χ4v) is 1.82. The number of nitro groups is 1. The highest BCUT2D eigenvalue weighted by molar-refractivity contribution is 6.30. The van der Waals surface area contributed by atoms with Gasteiger partial charge in [0, 0.05) is 23.9 Å². The van der Waals surface area contributed by atoms with Crippen molar-refractivity contribution >= 4 is 23.0 Å². The molecule has 3 N–H and O–H groups in total. The Hall–Kier alpha value is -2.38. The standard InChI is InChI=1S/C12H11ClN4O3/c13-9-4-10(6-15-5-9)20-7-8-2-1-3-11(17(18)19)12(8)16-14/h1-6,16H,7,14H2. The Bertz CT molecular complexity index is 636. The van der Waals surface area contributed by atoms with Gasteiger partial charge >= 0.3 is 0 Å². The number of nitrogen functional groups attached to an aromatic ring is 1.